The Morgan fingerprint density at radius 3 is 2.29 bits per heavy atom. The fourth-order valence-corrected chi connectivity index (χ4v) is 7.80. The molecule has 2 atom stereocenters. The van der Waals surface area contributed by atoms with Crippen molar-refractivity contribution in [1.29, 1.82) is 0 Å². The van der Waals surface area contributed by atoms with Gasteiger partial charge in [-0.1, -0.05) is 29.8 Å². The summed E-state index contributed by atoms with van der Waals surface area (Å²) < 4.78 is 55.6. The summed E-state index contributed by atoms with van der Waals surface area (Å²) in [5.74, 6) is -1.38. The van der Waals surface area contributed by atoms with Crippen LogP contribution < -0.4 is 10.1 Å². The summed E-state index contributed by atoms with van der Waals surface area (Å²) in [6, 6.07) is 16.4. The lowest BCUT2D eigenvalue weighted by Crippen LogP contribution is -2.46. The molecule has 0 radical (unpaired) electrons. The number of methoxy groups -OCH3 is 1. The number of hydrogen-bond acceptors (Lipinski definition) is 9. The van der Waals surface area contributed by atoms with E-state index in [0.717, 1.165) is 18.4 Å². The highest BCUT2D eigenvalue weighted by molar-refractivity contribution is 7.86. The minimum Gasteiger partial charge on any atom is -0.491 e. The molecule has 2 aliphatic heterocycles. The maximum absolute atomic E-state index is 15.1. The fraction of sp³-hybridized carbons (Fsp3) is 0.450. The first-order chi connectivity index (χ1) is 26.3. The predicted octanol–water partition coefficient (Wildman–Crippen LogP) is 5.71. The number of carboxylic acid groups (broad SMARTS) is 1. The molecule has 2 saturated heterocycles. The summed E-state index contributed by atoms with van der Waals surface area (Å²) in [5, 5.41) is 12.1. The number of nitrogens with one attached hydrogen (secondary N) is 1. The van der Waals surface area contributed by atoms with E-state index in [4.69, 9.17) is 13.7 Å². The molecule has 0 saturated carbocycles. The molecule has 2 aliphatic rings. The Hall–Kier alpha value is -5.02. The average Bonchev–Trinajstić information content (AvgIpc) is 3.18. The van der Waals surface area contributed by atoms with Crippen LogP contribution in [0.15, 0.2) is 71.6 Å². The number of nitrogens with zero attached hydrogens (tertiary/aromatic N) is 2. The topological polar surface area (TPSA) is 169 Å². The molecule has 2 N–H and O–H groups in total. The minimum atomic E-state index is -3.93. The number of amides is 3. The quantitative estimate of drug-likeness (QED) is 0.111. The third kappa shape index (κ3) is 11.7. The zero-order valence-corrected chi connectivity index (χ0v) is 31.9. The Balaban J connectivity index is 1.17. The van der Waals surface area contributed by atoms with Crippen molar-refractivity contribution in [3.8, 4) is 16.9 Å². The van der Waals surface area contributed by atoms with Crippen LogP contribution >= 0.6 is 0 Å². The van der Waals surface area contributed by atoms with Crippen LogP contribution in [0.4, 0.5) is 9.18 Å². The van der Waals surface area contributed by atoms with E-state index in [9.17, 15) is 32.7 Å². The first kappa shape index (κ1) is 41.1. The van der Waals surface area contributed by atoms with Gasteiger partial charge >= 0.3 is 12.1 Å². The van der Waals surface area contributed by atoms with Gasteiger partial charge in [0, 0.05) is 32.6 Å². The zero-order chi connectivity index (χ0) is 39.5. The molecule has 1 unspecified atom stereocenters. The third-order valence-electron chi connectivity index (χ3n) is 10.1. The molecule has 0 aliphatic carbocycles. The highest BCUT2D eigenvalue weighted by atomic mass is 32.2. The number of esters is 1. The summed E-state index contributed by atoms with van der Waals surface area (Å²) in [6.45, 7) is 3.30. The number of aryl methyl sites for hydroxylation is 1. The standard InChI is InChI=1S/C40H48FN3O10S/c1-27-5-12-35(13-6-27)55(50,51)54-21-20-53-34-10-8-29(9-11-34)31-22-32(24-33(41)23-31)36(25-38(46)52-2)42-39(47)30-4-3-17-44(26-30)37(45)14-7-28-15-18-43(19-16-28)40(48)49/h5-6,8-13,22-24,28,30,36H,3-4,7,14-21,25-26H2,1-2H3,(H,42,47)(H,48,49)/t30-,36?/m1/s1. The molecule has 13 nitrogen and oxygen atoms in total. The van der Waals surface area contributed by atoms with Crippen LogP contribution in [0.25, 0.3) is 11.1 Å². The van der Waals surface area contributed by atoms with E-state index >= 15 is 4.39 Å². The summed E-state index contributed by atoms with van der Waals surface area (Å²) in [7, 11) is -2.70. The van der Waals surface area contributed by atoms with Crippen molar-refractivity contribution in [1.82, 2.24) is 15.1 Å². The molecule has 0 spiro atoms. The third-order valence-corrected chi connectivity index (χ3v) is 11.4. The van der Waals surface area contributed by atoms with Gasteiger partial charge in [0.2, 0.25) is 11.8 Å². The maximum Gasteiger partial charge on any atom is 0.407 e. The van der Waals surface area contributed by atoms with Crippen molar-refractivity contribution in [2.24, 2.45) is 11.8 Å². The van der Waals surface area contributed by atoms with E-state index in [1.807, 2.05) is 6.92 Å². The monoisotopic (exact) mass is 781 g/mol. The van der Waals surface area contributed by atoms with E-state index in [0.29, 0.717) is 67.8 Å². The van der Waals surface area contributed by atoms with Crippen LogP contribution in [0.5, 0.6) is 5.75 Å². The second-order valence-electron chi connectivity index (χ2n) is 14.0. The number of carbonyl (C=O) groups excluding carboxylic acids is 3. The second-order valence-corrected chi connectivity index (χ2v) is 15.6. The number of halogens is 1. The van der Waals surface area contributed by atoms with Crippen LogP contribution in [0.2, 0.25) is 0 Å². The Kier molecular flexibility index (Phi) is 14.2. The van der Waals surface area contributed by atoms with Crippen molar-refractivity contribution in [3.05, 3.63) is 83.7 Å². The number of hydrogen-bond donors (Lipinski definition) is 2. The lowest BCUT2D eigenvalue weighted by atomic mass is 9.91. The van der Waals surface area contributed by atoms with Gasteiger partial charge in [-0.3, -0.25) is 18.6 Å². The van der Waals surface area contributed by atoms with Crippen molar-refractivity contribution >= 4 is 34.0 Å². The van der Waals surface area contributed by atoms with Crippen LogP contribution in [0.3, 0.4) is 0 Å². The first-order valence-electron chi connectivity index (χ1n) is 18.4. The summed E-state index contributed by atoms with van der Waals surface area (Å²) in [4.78, 5) is 53.6. The van der Waals surface area contributed by atoms with E-state index in [-0.39, 0.29) is 48.8 Å². The van der Waals surface area contributed by atoms with Crippen LogP contribution in [0, 0.1) is 24.6 Å². The van der Waals surface area contributed by atoms with Crippen LogP contribution in [-0.4, -0.2) is 93.7 Å². The molecule has 2 heterocycles. The van der Waals surface area contributed by atoms with Gasteiger partial charge in [-0.15, -0.1) is 0 Å². The smallest absolute Gasteiger partial charge is 0.407 e. The minimum absolute atomic E-state index is 0.0357. The Morgan fingerprint density at radius 1 is 0.909 bits per heavy atom. The molecular weight excluding hydrogens is 734 g/mol. The highest BCUT2D eigenvalue weighted by Crippen LogP contribution is 2.30. The summed E-state index contributed by atoms with van der Waals surface area (Å²) in [5.41, 5.74) is 2.40. The molecule has 296 valence electrons. The van der Waals surface area contributed by atoms with Gasteiger partial charge in [-0.05, 0) is 104 Å². The van der Waals surface area contributed by atoms with Gasteiger partial charge in [0.05, 0.1) is 30.4 Å². The molecule has 0 aromatic heterocycles. The predicted molar refractivity (Wildman–Crippen MR) is 200 cm³/mol. The molecule has 5 rings (SSSR count). The van der Waals surface area contributed by atoms with E-state index < -0.39 is 40.0 Å². The Bertz CT molecular complexity index is 1920. The van der Waals surface area contributed by atoms with Crippen molar-refractivity contribution in [2.45, 2.75) is 62.8 Å². The number of likely N-dealkylation sites (tertiary alicyclic amines) is 2. The number of benzene rings is 3. The van der Waals surface area contributed by atoms with E-state index in [1.165, 1.54) is 36.3 Å². The molecule has 15 heteroatoms. The molecule has 55 heavy (non-hydrogen) atoms. The molecule has 3 aromatic rings. The van der Waals surface area contributed by atoms with Gasteiger partial charge in [-0.25, -0.2) is 9.18 Å². The lowest BCUT2D eigenvalue weighted by molar-refractivity contribution is -0.141. The van der Waals surface area contributed by atoms with Crippen molar-refractivity contribution < 1.29 is 50.7 Å². The molecular formula is C40H48FN3O10S. The van der Waals surface area contributed by atoms with Crippen molar-refractivity contribution in [2.75, 3.05) is 46.5 Å². The maximum atomic E-state index is 15.1. The van der Waals surface area contributed by atoms with Gasteiger partial charge in [0.25, 0.3) is 10.1 Å². The van der Waals surface area contributed by atoms with Gasteiger partial charge in [0.15, 0.2) is 0 Å². The molecule has 3 amide bonds. The number of piperidine rings is 2. The number of carbonyl (C=O) groups is 4. The Labute approximate surface area is 320 Å². The van der Waals surface area contributed by atoms with Crippen molar-refractivity contribution in [3.63, 3.8) is 0 Å². The lowest BCUT2D eigenvalue weighted by Gasteiger charge is -2.34. The summed E-state index contributed by atoms with van der Waals surface area (Å²) >= 11 is 0. The van der Waals surface area contributed by atoms with Gasteiger partial charge in [0.1, 0.15) is 24.8 Å². The molecule has 0 bridgehead atoms. The summed E-state index contributed by atoms with van der Waals surface area (Å²) in [6.07, 6.45) is 2.43. The highest BCUT2D eigenvalue weighted by Gasteiger charge is 2.31. The normalized spacial score (nSPS) is 17.0. The zero-order valence-electron chi connectivity index (χ0n) is 31.1. The average molecular weight is 782 g/mol. The molecule has 3 aromatic carbocycles. The number of rotatable bonds is 15. The van der Waals surface area contributed by atoms with E-state index in [2.05, 4.69) is 5.32 Å². The SMILES string of the molecule is COC(=O)CC(NC(=O)[C@@H]1CCCN(C(=O)CCC2CCN(C(=O)O)CC2)C1)c1cc(F)cc(-c2ccc(OCCOS(=O)(=O)c3ccc(C)cc3)cc2)c1. The second kappa shape index (κ2) is 19.0. The van der Waals surface area contributed by atoms with Crippen LogP contribution in [-0.2, 0) is 33.4 Å². The molecule has 2 fully saturated rings. The fourth-order valence-electron chi connectivity index (χ4n) is 6.91. The Morgan fingerprint density at radius 2 is 1.62 bits per heavy atom. The van der Waals surface area contributed by atoms with Crippen LogP contribution in [0.1, 0.15) is 62.1 Å². The number of ether oxygens (including phenoxy) is 2. The van der Waals surface area contributed by atoms with Gasteiger partial charge in [-0.2, -0.15) is 8.42 Å². The van der Waals surface area contributed by atoms with E-state index in [1.54, 1.807) is 47.4 Å². The van der Waals surface area contributed by atoms with Gasteiger partial charge < -0.3 is 29.7 Å². The largest absolute Gasteiger partial charge is 0.491 e. The first-order valence-corrected chi connectivity index (χ1v) is 19.8.